The number of ether oxygens (including phenoxy) is 1. The van der Waals surface area contributed by atoms with Gasteiger partial charge in [0.2, 0.25) is 5.91 Å². The summed E-state index contributed by atoms with van der Waals surface area (Å²) in [6, 6.07) is 14.5. The van der Waals surface area contributed by atoms with Gasteiger partial charge in [0, 0.05) is 93.7 Å². The number of carbonyl (C=O) groups excluding carboxylic acids is 2. The molecule has 3 aromatic rings. The fourth-order valence-corrected chi connectivity index (χ4v) is 7.40. The highest BCUT2D eigenvalue weighted by molar-refractivity contribution is 5.88. The molecule has 4 atom stereocenters. The molecule has 0 radical (unpaired) electrons. The maximum atomic E-state index is 11.6. The molecule has 1 amide bonds. The van der Waals surface area contributed by atoms with Crippen LogP contribution in [0.4, 0.5) is 0 Å². The molecule has 268 valence electrons. The fourth-order valence-electron chi connectivity index (χ4n) is 7.40. The molecule has 0 unspecified atom stereocenters. The second-order valence-corrected chi connectivity index (χ2v) is 13.7. The largest absolute Gasteiger partial charge is 0.466 e. The molecule has 11 nitrogen and oxygen atoms in total. The number of likely N-dealkylation sites (tertiary alicyclic amines) is 1. The van der Waals surface area contributed by atoms with Gasteiger partial charge in [-0.25, -0.2) is 4.79 Å². The zero-order valence-electron chi connectivity index (χ0n) is 29.8. The van der Waals surface area contributed by atoms with Crippen molar-refractivity contribution in [2.75, 3.05) is 53.9 Å². The first-order chi connectivity index (χ1) is 24.3. The molecule has 0 spiro atoms. The van der Waals surface area contributed by atoms with Crippen molar-refractivity contribution in [3.8, 4) is 0 Å². The lowest BCUT2D eigenvalue weighted by molar-refractivity contribution is -0.136. The quantitative estimate of drug-likeness (QED) is 0.391. The van der Waals surface area contributed by atoms with Crippen LogP contribution in [0, 0.1) is 5.92 Å². The van der Waals surface area contributed by atoms with E-state index in [-0.39, 0.29) is 23.5 Å². The van der Waals surface area contributed by atoms with Crippen LogP contribution < -0.4 is 16.2 Å². The van der Waals surface area contributed by atoms with Crippen LogP contribution in [-0.4, -0.2) is 90.1 Å². The number of hydrogen-bond donors (Lipinski definition) is 2. The highest BCUT2D eigenvalue weighted by Crippen LogP contribution is 2.32. The molecule has 5 aliphatic heterocycles. The molecular weight excluding hydrogens is 630 g/mol. The molecule has 3 aromatic heterocycles. The SMILES string of the molecule is CN1C(=O)CC[C@H]1c1cccnc1.COC(=O)C1=CCCN(C)C1.O=c1cccc2n1C[C@@H]1CNC[C@H]2C1.c1cncc([C@@H]2CCCCN2)c1. The van der Waals surface area contributed by atoms with Crippen molar-refractivity contribution in [1.29, 1.82) is 0 Å². The lowest BCUT2D eigenvalue weighted by Crippen LogP contribution is -2.44. The number of aromatic nitrogens is 3. The Morgan fingerprint density at radius 3 is 2.36 bits per heavy atom. The minimum absolute atomic E-state index is 0.166. The molecule has 0 saturated carbocycles. The fraction of sp³-hybridized carbons (Fsp3) is 0.513. The van der Waals surface area contributed by atoms with Crippen LogP contribution in [0.5, 0.6) is 0 Å². The lowest BCUT2D eigenvalue weighted by atomic mass is 9.84. The summed E-state index contributed by atoms with van der Waals surface area (Å²) < 4.78 is 6.56. The monoisotopic (exact) mass is 683 g/mol. The van der Waals surface area contributed by atoms with Gasteiger partial charge in [0.1, 0.15) is 0 Å². The number of hydrogen-bond acceptors (Lipinski definition) is 9. The van der Waals surface area contributed by atoms with Gasteiger partial charge in [0.15, 0.2) is 0 Å². The van der Waals surface area contributed by atoms with Crippen LogP contribution in [0.3, 0.4) is 0 Å². The van der Waals surface area contributed by atoms with E-state index in [1.165, 1.54) is 44.1 Å². The Hall–Kier alpha value is -4.19. The molecule has 3 fully saturated rings. The number of pyridine rings is 3. The smallest absolute Gasteiger partial charge is 0.334 e. The molecule has 11 heteroatoms. The van der Waals surface area contributed by atoms with E-state index in [0.717, 1.165) is 56.7 Å². The number of carbonyl (C=O) groups is 2. The number of likely N-dealkylation sites (N-methyl/N-ethyl adjacent to an activating group) is 1. The van der Waals surface area contributed by atoms with E-state index >= 15 is 0 Å². The van der Waals surface area contributed by atoms with E-state index in [9.17, 15) is 14.4 Å². The summed E-state index contributed by atoms with van der Waals surface area (Å²) in [5.74, 6) is 1.24. The van der Waals surface area contributed by atoms with Crippen molar-refractivity contribution in [1.82, 2.24) is 35.0 Å². The van der Waals surface area contributed by atoms with Crippen molar-refractivity contribution in [3.63, 3.8) is 0 Å². The van der Waals surface area contributed by atoms with Crippen molar-refractivity contribution in [3.05, 3.63) is 106 Å². The van der Waals surface area contributed by atoms with E-state index < -0.39 is 0 Å². The molecule has 0 aromatic carbocycles. The van der Waals surface area contributed by atoms with Gasteiger partial charge in [-0.3, -0.25) is 19.6 Å². The Labute approximate surface area is 296 Å². The van der Waals surface area contributed by atoms with Crippen LogP contribution in [0.1, 0.15) is 79.8 Å². The maximum absolute atomic E-state index is 11.6. The standard InChI is InChI=1S/C11H14N2O.C10H12N2O.C10H14N2.C8H13NO2/c14-11-3-1-2-10-9-4-8(5-12-6-9)7-13(10)11;1-12-9(4-5-10(12)13)8-3-2-6-11-7-8;1-2-7-12-10(5-1)9-4-3-6-11-8-9;1-9-5-3-4-7(6-9)8(10)11-2/h1-3,8-9,12H,4-7H2;2-3,6-7,9H,4-5H2,1H3;3-4,6,8,10,12H,1-2,5,7H2;4H,3,5-6H2,1-2H3/t8-,9+;9-;10-;/m000./s1. The van der Waals surface area contributed by atoms with E-state index in [0.29, 0.717) is 30.8 Å². The first kappa shape index (κ1) is 37.1. The zero-order valence-corrected chi connectivity index (χ0v) is 29.8. The van der Waals surface area contributed by atoms with Crippen LogP contribution in [0.25, 0.3) is 0 Å². The maximum Gasteiger partial charge on any atom is 0.334 e. The van der Waals surface area contributed by atoms with E-state index in [4.69, 9.17) is 0 Å². The molecule has 2 bridgehead atoms. The topological polar surface area (TPSA) is 122 Å². The third kappa shape index (κ3) is 10.2. The number of rotatable bonds is 3. The van der Waals surface area contributed by atoms with Gasteiger partial charge in [-0.1, -0.05) is 30.7 Å². The summed E-state index contributed by atoms with van der Waals surface area (Å²) >= 11 is 0. The molecule has 8 heterocycles. The highest BCUT2D eigenvalue weighted by Gasteiger charge is 2.30. The normalized spacial score (nSPS) is 24.1. The minimum atomic E-state index is -0.198. The van der Waals surface area contributed by atoms with Crippen molar-refractivity contribution in [2.24, 2.45) is 5.92 Å². The number of nitrogens with zero attached hydrogens (tertiary/aromatic N) is 5. The van der Waals surface area contributed by atoms with Gasteiger partial charge in [-0.15, -0.1) is 0 Å². The molecule has 2 N–H and O–H groups in total. The summed E-state index contributed by atoms with van der Waals surface area (Å²) in [4.78, 5) is 46.0. The van der Waals surface area contributed by atoms with E-state index in [2.05, 4.69) is 42.4 Å². The third-order valence-electron chi connectivity index (χ3n) is 10.1. The molecule has 3 saturated heterocycles. The van der Waals surface area contributed by atoms with Crippen LogP contribution in [0.2, 0.25) is 0 Å². The summed E-state index contributed by atoms with van der Waals surface area (Å²) in [6.45, 7) is 5.89. The van der Waals surface area contributed by atoms with Gasteiger partial charge in [0.25, 0.3) is 5.56 Å². The zero-order chi connectivity index (χ0) is 35.3. The number of methoxy groups -OCH3 is 1. The number of fused-ring (bicyclic) bond motifs is 4. The predicted molar refractivity (Wildman–Crippen MR) is 194 cm³/mol. The van der Waals surface area contributed by atoms with Gasteiger partial charge in [-0.05, 0) is 87.5 Å². The van der Waals surface area contributed by atoms with Crippen molar-refractivity contribution < 1.29 is 14.3 Å². The van der Waals surface area contributed by atoms with Crippen LogP contribution >= 0.6 is 0 Å². The second kappa shape index (κ2) is 18.7. The average Bonchev–Trinajstić information content (AvgIpc) is 3.51. The summed E-state index contributed by atoms with van der Waals surface area (Å²) in [6.07, 6.45) is 17.0. The number of esters is 1. The first-order valence-corrected chi connectivity index (χ1v) is 18.0. The van der Waals surface area contributed by atoms with Crippen LogP contribution in [0.15, 0.2) is 83.7 Å². The Morgan fingerprint density at radius 2 is 1.72 bits per heavy atom. The summed E-state index contributed by atoms with van der Waals surface area (Å²) in [5, 5.41) is 6.93. The molecule has 8 rings (SSSR count). The molecular formula is C39H53N7O4. The lowest BCUT2D eigenvalue weighted by Gasteiger charge is -2.37. The average molecular weight is 684 g/mol. The number of amides is 1. The number of piperidine rings is 2. The Kier molecular flexibility index (Phi) is 13.9. The Bertz CT molecular complexity index is 1610. The van der Waals surface area contributed by atoms with Crippen LogP contribution in [-0.2, 0) is 20.9 Å². The summed E-state index contributed by atoms with van der Waals surface area (Å²) in [7, 11) is 5.26. The summed E-state index contributed by atoms with van der Waals surface area (Å²) in [5.41, 5.74) is 4.63. The third-order valence-corrected chi connectivity index (χ3v) is 10.1. The predicted octanol–water partition coefficient (Wildman–Crippen LogP) is 4.25. The number of nitrogens with one attached hydrogen (secondary N) is 2. The molecule has 0 aliphatic carbocycles. The van der Waals surface area contributed by atoms with Gasteiger partial charge in [0.05, 0.1) is 13.2 Å². The molecule has 50 heavy (non-hydrogen) atoms. The van der Waals surface area contributed by atoms with E-state index in [1.807, 2.05) is 67.6 Å². The highest BCUT2D eigenvalue weighted by atomic mass is 16.5. The first-order valence-electron chi connectivity index (χ1n) is 18.0. The Morgan fingerprint density at radius 1 is 0.940 bits per heavy atom. The molecule has 5 aliphatic rings. The second-order valence-electron chi connectivity index (χ2n) is 13.7. The van der Waals surface area contributed by atoms with Crippen molar-refractivity contribution >= 4 is 11.9 Å². The van der Waals surface area contributed by atoms with E-state index in [1.54, 1.807) is 17.2 Å². The van der Waals surface area contributed by atoms with Gasteiger partial charge < -0.3 is 29.7 Å². The van der Waals surface area contributed by atoms with Crippen molar-refractivity contribution in [2.45, 2.75) is 69.5 Å². The minimum Gasteiger partial charge on any atom is -0.466 e. The van der Waals surface area contributed by atoms with Gasteiger partial charge >= 0.3 is 5.97 Å². The van der Waals surface area contributed by atoms with Gasteiger partial charge in [-0.2, -0.15) is 0 Å². The Balaban J connectivity index is 0.000000130.